The molecule has 1 aromatic carbocycles. The zero-order chi connectivity index (χ0) is 9.84. The Balaban J connectivity index is 2.81. The minimum Gasteiger partial charge on any atom is -0.740 e. The zero-order valence-electron chi connectivity index (χ0n) is 6.52. The molecule has 0 spiro atoms. The molecule has 1 aromatic rings. The molecule has 5 nitrogen and oxygen atoms in total. The number of hydrogen-bond acceptors (Lipinski definition) is 4. The summed E-state index contributed by atoms with van der Waals surface area (Å²) in [6.45, 7) is 0. The van der Waals surface area contributed by atoms with E-state index in [2.05, 4.69) is 4.18 Å². The average Bonchev–Trinajstić information content (AvgIpc) is 2.04. The Morgan fingerprint density at radius 1 is 1.46 bits per heavy atom. The molecule has 0 saturated heterocycles. The Morgan fingerprint density at radius 3 is 2.38 bits per heavy atom. The van der Waals surface area contributed by atoms with Gasteiger partial charge in [0.2, 0.25) is 0 Å². The van der Waals surface area contributed by atoms with Crippen molar-refractivity contribution in [1.29, 1.82) is 5.41 Å². The summed E-state index contributed by atoms with van der Waals surface area (Å²) in [5.74, 6) is 0.119. The molecule has 0 heterocycles. The van der Waals surface area contributed by atoms with Gasteiger partial charge in [0.1, 0.15) is 22.9 Å². The van der Waals surface area contributed by atoms with Gasteiger partial charge in [-0.1, -0.05) is 0 Å². The van der Waals surface area contributed by atoms with Crippen molar-refractivity contribution in [3.05, 3.63) is 29.8 Å². The molecule has 0 saturated carbocycles. The molecule has 0 fully saturated rings. The van der Waals surface area contributed by atoms with Crippen molar-refractivity contribution in [2.24, 2.45) is 5.73 Å². The van der Waals surface area contributed by atoms with E-state index < -0.39 is 11.4 Å². The van der Waals surface area contributed by atoms with Gasteiger partial charge in [-0.25, -0.2) is 4.21 Å². The maximum Gasteiger partial charge on any atom is 0.139 e. The van der Waals surface area contributed by atoms with Crippen molar-refractivity contribution >= 4 is 17.2 Å². The van der Waals surface area contributed by atoms with Crippen LogP contribution >= 0.6 is 0 Å². The predicted molar refractivity (Wildman–Crippen MR) is 47.0 cm³/mol. The Bertz CT molecular complexity index is 336. The first-order valence-corrected chi connectivity index (χ1v) is 4.31. The van der Waals surface area contributed by atoms with E-state index in [0.717, 1.165) is 0 Å². The van der Waals surface area contributed by atoms with Gasteiger partial charge in [0, 0.05) is 5.56 Å². The molecule has 1 atom stereocenters. The molecule has 3 N–H and O–H groups in total. The Labute approximate surface area is 77.5 Å². The van der Waals surface area contributed by atoms with Crippen LogP contribution in [0.3, 0.4) is 0 Å². The normalized spacial score (nSPS) is 12.1. The number of nitrogens with one attached hydrogen (secondary N) is 1. The van der Waals surface area contributed by atoms with E-state index in [1.807, 2.05) is 0 Å². The van der Waals surface area contributed by atoms with Crippen LogP contribution < -0.4 is 9.92 Å². The number of amidine groups is 1. The fourth-order valence-electron chi connectivity index (χ4n) is 0.769. The molecule has 0 aliphatic heterocycles. The molecule has 1 unspecified atom stereocenters. The lowest BCUT2D eigenvalue weighted by molar-refractivity contribution is 0.440. The summed E-state index contributed by atoms with van der Waals surface area (Å²) in [6.07, 6.45) is 0. The summed E-state index contributed by atoms with van der Waals surface area (Å²) >= 11 is -2.57. The topological polar surface area (TPSA) is 99.2 Å². The van der Waals surface area contributed by atoms with Gasteiger partial charge in [-0.15, -0.1) is 0 Å². The third-order valence-corrected chi connectivity index (χ3v) is 1.66. The van der Waals surface area contributed by atoms with Gasteiger partial charge in [-0.05, 0) is 24.3 Å². The van der Waals surface area contributed by atoms with Crippen molar-refractivity contribution in [3.8, 4) is 5.75 Å². The first-order chi connectivity index (χ1) is 6.09. The molecule has 0 aliphatic carbocycles. The van der Waals surface area contributed by atoms with Gasteiger partial charge in [0.25, 0.3) is 0 Å². The SMILES string of the molecule is N=C(N)c1ccc(OS(=O)[O-])cc1. The van der Waals surface area contributed by atoms with Crippen LogP contribution in [0.2, 0.25) is 0 Å². The van der Waals surface area contributed by atoms with E-state index in [4.69, 9.17) is 11.1 Å². The maximum atomic E-state index is 10.1. The van der Waals surface area contributed by atoms with Crippen LogP contribution in [0.25, 0.3) is 0 Å². The molecule has 0 aromatic heterocycles. The van der Waals surface area contributed by atoms with Crippen LogP contribution in [0.1, 0.15) is 5.56 Å². The van der Waals surface area contributed by atoms with E-state index in [0.29, 0.717) is 5.56 Å². The fraction of sp³-hybridized carbons (Fsp3) is 0. The summed E-state index contributed by atoms with van der Waals surface area (Å²) in [6, 6.07) is 5.86. The number of nitrogens with two attached hydrogens (primary N) is 1. The first kappa shape index (κ1) is 9.69. The first-order valence-electron chi connectivity index (χ1n) is 3.31. The summed E-state index contributed by atoms with van der Waals surface area (Å²) in [7, 11) is 0. The zero-order valence-corrected chi connectivity index (χ0v) is 7.34. The van der Waals surface area contributed by atoms with Crippen molar-refractivity contribution in [3.63, 3.8) is 0 Å². The van der Waals surface area contributed by atoms with Gasteiger partial charge >= 0.3 is 0 Å². The molecule has 6 heteroatoms. The molecular formula is C7H7N2O3S-. The standard InChI is InChI=1S/C7H8N2O3S/c8-7(9)5-1-3-6(4-2-5)12-13(10)11/h1-4H,(H3,8,9)(H,10,11)/p-1. The second-order valence-electron chi connectivity index (χ2n) is 2.23. The lowest BCUT2D eigenvalue weighted by atomic mass is 10.2. The molecule has 70 valence electrons. The lowest BCUT2D eigenvalue weighted by Crippen LogP contribution is -2.10. The largest absolute Gasteiger partial charge is 0.740 e. The maximum absolute atomic E-state index is 10.1. The van der Waals surface area contributed by atoms with Gasteiger partial charge in [0.15, 0.2) is 0 Å². The van der Waals surface area contributed by atoms with E-state index in [9.17, 15) is 8.76 Å². The van der Waals surface area contributed by atoms with Crippen LogP contribution in [-0.2, 0) is 11.4 Å². The third-order valence-electron chi connectivity index (χ3n) is 1.33. The van der Waals surface area contributed by atoms with Gasteiger partial charge < -0.3 is 14.5 Å². The summed E-state index contributed by atoms with van der Waals surface area (Å²) in [5.41, 5.74) is 5.70. The second-order valence-corrected chi connectivity index (χ2v) is 2.80. The van der Waals surface area contributed by atoms with Crippen LogP contribution in [0.5, 0.6) is 5.75 Å². The predicted octanol–water partition coefficient (Wildman–Crippen LogP) is 0.144. The van der Waals surface area contributed by atoms with E-state index in [-0.39, 0.29) is 11.6 Å². The quantitative estimate of drug-likeness (QED) is 0.411. The van der Waals surface area contributed by atoms with Crippen molar-refractivity contribution < 1.29 is 12.9 Å². The molecule has 0 amide bonds. The number of nitrogen functional groups attached to an aromatic ring is 1. The number of hydrogen-bond donors (Lipinski definition) is 2. The van der Waals surface area contributed by atoms with Crippen LogP contribution in [0.4, 0.5) is 0 Å². The van der Waals surface area contributed by atoms with Crippen molar-refractivity contribution in [1.82, 2.24) is 0 Å². The second kappa shape index (κ2) is 4.01. The number of benzene rings is 1. The van der Waals surface area contributed by atoms with Crippen LogP contribution in [0, 0.1) is 5.41 Å². The monoisotopic (exact) mass is 199 g/mol. The van der Waals surface area contributed by atoms with Crippen LogP contribution in [0.15, 0.2) is 24.3 Å². The van der Waals surface area contributed by atoms with Crippen molar-refractivity contribution in [2.45, 2.75) is 0 Å². The molecule has 13 heavy (non-hydrogen) atoms. The molecule has 0 aliphatic rings. The van der Waals surface area contributed by atoms with Gasteiger partial charge in [0.05, 0.1) is 0 Å². The van der Waals surface area contributed by atoms with E-state index in [1.165, 1.54) is 24.3 Å². The lowest BCUT2D eigenvalue weighted by Gasteiger charge is -2.06. The van der Waals surface area contributed by atoms with E-state index in [1.54, 1.807) is 0 Å². The highest BCUT2D eigenvalue weighted by atomic mass is 32.2. The van der Waals surface area contributed by atoms with Gasteiger partial charge in [-0.2, -0.15) is 0 Å². The Morgan fingerprint density at radius 2 is 2.00 bits per heavy atom. The van der Waals surface area contributed by atoms with Crippen LogP contribution in [-0.4, -0.2) is 14.6 Å². The Kier molecular flexibility index (Phi) is 2.99. The highest BCUT2D eigenvalue weighted by molar-refractivity contribution is 7.74. The minimum atomic E-state index is -2.57. The molecule has 0 bridgehead atoms. The summed E-state index contributed by atoms with van der Waals surface area (Å²) in [4.78, 5) is 0. The molecule has 1 rings (SSSR count). The third kappa shape index (κ3) is 2.85. The minimum absolute atomic E-state index is 0.0743. The average molecular weight is 199 g/mol. The fourth-order valence-corrected chi connectivity index (χ4v) is 1.04. The molecular weight excluding hydrogens is 192 g/mol. The van der Waals surface area contributed by atoms with Gasteiger partial charge in [-0.3, -0.25) is 5.41 Å². The summed E-state index contributed by atoms with van der Waals surface area (Å²) < 4.78 is 24.6. The Hall–Kier alpha value is -1.40. The number of rotatable bonds is 3. The van der Waals surface area contributed by atoms with Crippen molar-refractivity contribution in [2.75, 3.05) is 0 Å². The highest BCUT2D eigenvalue weighted by Gasteiger charge is 1.97. The molecule has 0 radical (unpaired) electrons. The highest BCUT2D eigenvalue weighted by Crippen LogP contribution is 2.12. The summed E-state index contributed by atoms with van der Waals surface area (Å²) in [5, 5.41) is 7.06. The smallest absolute Gasteiger partial charge is 0.139 e. The van der Waals surface area contributed by atoms with E-state index >= 15 is 0 Å².